The van der Waals surface area contributed by atoms with Gasteiger partial charge in [-0.1, -0.05) is 24.3 Å². The molecule has 13 heteroatoms. The largest absolute Gasteiger partial charge is 0.404 e. The maximum atomic E-state index is 12.7. The number of hydrogen-bond acceptors (Lipinski definition) is 8. The first kappa shape index (κ1) is 27.1. The minimum atomic E-state index is -4.77. The van der Waals surface area contributed by atoms with E-state index in [1.165, 1.54) is 11.5 Å². The molecule has 0 aliphatic carbocycles. The van der Waals surface area contributed by atoms with E-state index in [0.29, 0.717) is 23.1 Å². The van der Waals surface area contributed by atoms with Crippen molar-refractivity contribution in [3.8, 4) is 0 Å². The summed E-state index contributed by atoms with van der Waals surface area (Å²) in [7, 11) is -0.433. The summed E-state index contributed by atoms with van der Waals surface area (Å²) < 4.78 is 67.7. The first-order valence-corrected chi connectivity index (χ1v) is 14.0. The van der Waals surface area contributed by atoms with Gasteiger partial charge in [-0.05, 0) is 41.8 Å². The van der Waals surface area contributed by atoms with Gasteiger partial charge in [0.05, 0.1) is 0 Å². The van der Waals surface area contributed by atoms with E-state index in [4.69, 9.17) is 10.7 Å². The summed E-state index contributed by atoms with van der Waals surface area (Å²) in [6.45, 7) is 0.411. The lowest BCUT2D eigenvalue weighted by atomic mass is 9.91. The van der Waals surface area contributed by atoms with Crippen LogP contribution < -0.4 is 15.5 Å². The van der Waals surface area contributed by atoms with Crippen molar-refractivity contribution < 1.29 is 21.6 Å². The molecule has 1 fully saturated rings. The second-order valence-corrected chi connectivity index (χ2v) is 11.9. The molecule has 1 aliphatic heterocycles. The van der Waals surface area contributed by atoms with Gasteiger partial charge < -0.3 is 15.5 Å². The fraction of sp³-hybridized carbons (Fsp3) is 0.417. The number of alkyl halides is 3. The molecule has 0 amide bonds. The molecule has 200 valence electrons. The van der Waals surface area contributed by atoms with E-state index < -0.39 is 22.0 Å². The van der Waals surface area contributed by atoms with Gasteiger partial charge in [0.15, 0.2) is 11.6 Å². The Labute approximate surface area is 218 Å². The van der Waals surface area contributed by atoms with Gasteiger partial charge in [-0.25, -0.2) is 13.4 Å². The Bertz CT molecular complexity index is 1290. The number of halogens is 3. The minimum Gasteiger partial charge on any atom is -0.399 e. The Kier molecular flexibility index (Phi) is 7.95. The SMILES string of the molecule is CN(C)c1ccc(CC(c2ccc(N)cc2)c2nsc(N3CCN(S(=O)(=O)CC(F)(F)F)CC3)n2)cc1. The van der Waals surface area contributed by atoms with Crippen molar-refractivity contribution in [2.24, 2.45) is 0 Å². The third-order valence-electron chi connectivity index (χ3n) is 6.22. The average Bonchev–Trinajstić information content (AvgIpc) is 3.32. The maximum Gasteiger partial charge on any atom is 0.404 e. The van der Waals surface area contributed by atoms with E-state index in [2.05, 4.69) is 28.6 Å². The van der Waals surface area contributed by atoms with Crippen molar-refractivity contribution in [2.45, 2.75) is 18.5 Å². The highest BCUT2D eigenvalue weighted by atomic mass is 32.2. The van der Waals surface area contributed by atoms with Crippen LogP contribution in [0.15, 0.2) is 48.5 Å². The number of rotatable bonds is 8. The Morgan fingerprint density at radius 2 is 1.65 bits per heavy atom. The Balaban J connectivity index is 1.51. The lowest BCUT2D eigenvalue weighted by Gasteiger charge is -2.33. The predicted octanol–water partition coefficient (Wildman–Crippen LogP) is 3.58. The van der Waals surface area contributed by atoms with Crippen LogP contribution in [0.3, 0.4) is 0 Å². The summed E-state index contributed by atoms with van der Waals surface area (Å²) in [5.41, 5.74) is 9.77. The van der Waals surface area contributed by atoms with Crippen LogP contribution in [0.1, 0.15) is 22.9 Å². The molecule has 0 radical (unpaired) electrons. The Morgan fingerprint density at radius 1 is 1.03 bits per heavy atom. The molecule has 2 N–H and O–H groups in total. The van der Waals surface area contributed by atoms with Gasteiger partial charge in [-0.2, -0.15) is 21.9 Å². The van der Waals surface area contributed by atoms with Crippen molar-refractivity contribution in [1.29, 1.82) is 0 Å². The van der Waals surface area contributed by atoms with Gasteiger partial charge in [0.25, 0.3) is 0 Å². The molecular formula is C24H29F3N6O2S2. The quantitative estimate of drug-likeness (QED) is 0.426. The van der Waals surface area contributed by atoms with Gasteiger partial charge >= 0.3 is 6.18 Å². The number of aromatic nitrogens is 2. The third-order valence-corrected chi connectivity index (χ3v) is 8.86. The van der Waals surface area contributed by atoms with E-state index in [1.807, 2.05) is 48.2 Å². The van der Waals surface area contributed by atoms with Gasteiger partial charge in [0, 0.05) is 69.1 Å². The number of nitrogens with two attached hydrogens (primary N) is 1. The molecule has 0 bridgehead atoms. The van der Waals surface area contributed by atoms with Gasteiger partial charge in [-0.3, -0.25) is 0 Å². The van der Waals surface area contributed by atoms with E-state index in [9.17, 15) is 21.6 Å². The van der Waals surface area contributed by atoms with E-state index >= 15 is 0 Å². The zero-order valence-corrected chi connectivity index (χ0v) is 22.2. The summed E-state index contributed by atoms with van der Waals surface area (Å²) >= 11 is 1.20. The number of sulfonamides is 1. The van der Waals surface area contributed by atoms with Crippen LogP contribution in [-0.4, -0.2) is 74.3 Å². The maximum absolute atomic E-state index is 12.7. The molecule has 1 saturated heterocycles. The lowest BCUT2D eigenvalue weighted by molar-refractivity contribution is -0.107. The number of benzene rings is 2. The predicted molar refractivity (Wildman–Crippen MR) is 141 cm³/mol. The van der Waals surface area contributed by atoms with Crippen LogP contribution in [0.25, 0.3) is 0 Å². The second kappa shape index (κ2) is 10.8. The molecule has 1 aromatic heterocycles. The van der Waals surface area contributed by atoms with Crippen LogP contribution in [0, 0.1) is 0 Å². The molecule has 3 aromatic rings. The highest BCUT2D eigenvalue weighted by molar-refractivity contribution is 7.89. The zero-order chi connectivity index (χ0) is 26.8. The fourth-order valence-corrected chi connectivity index (χ4v) is 6.30. The molecule has 4 rings (SSSR count). The molecule has 1 unspecified atom stereocenters. The minimum absolute atomic E-state index is 0.0348. The Hall–Kier alpha value is -2.90. The summed E-state index contributed by atoms with van der Waals surface area (Å²) in [4.78, 5) is 8.67. The average molecular weight is 555 g/mol. The lowest BCUT2D eigenvalue weighted by Crippen LogP contribution is -2.50. The first-order chi connectivity index (χ1) is 17.4. The van der Waals surface area contributed by atoms with Crippen LogP contribution in [-0.2, 0) is 16.4 Å². The molecule has 1 atom stereocenters. The fourth-order valence-electron chi connectivity index (χ4n) is 4.20. The number of nitrogens with zero attached hydrogens (tertiary/aromatic N) is 5. The van der Waals surface area contributed by atoms with E-state index in [0.717, 1.165) is 21.1 Å². The van der Waals surface area contributed by atoms with E-state index in [-0.39, 0.29) is 32.1 Å². The van der Waals surface area contributed by atoms with Crippen molar-refractivity contribution in [3.05, 3.63) is 65.5 Å². The van der Waals surface area contributed by atoms with Crippen molar-refractivity contribution in [3.63, 3.8) is 0 Å². The number of piperazine rings is 1. The molecule has 0 saturated carbocycles. The smallest absolute Gasteiger partial charge is 0.399 e. The van der Waals surface area contributed by atoms with Gasteiger partial charge in [0.2, 0.25) is 15.2 Å². The summed E-state index contributed by atoms with van der Waals surface area (Å²) in [6, 6.07) is 15.9. The van der Waals surface area contributed by atoms with Crippen LogP contribution >= 0.6 is 11.5 Å². The topological polar surface area (TPSA) is 95.7 Å². The summed E-state index contributed by atoms with van der Waals surface area (Å²) in [5, 5.41) is 0.617. The van der Waals surface area contributed by atoms with Crippen molar-refractivity contribution >= 4 is 38.1 Å². The molecule has 1 aliphatic rings. The third kappa shape index (κ3) is 6.90. The highest BCUT2D eigenvalue weighted by Gasteiger charge is 2.39. The summed E-state index contributed by atoms with van der Waals surface area (Å²) in [6.07, 6.45) is -4.11. The standard InChI is InChI=1S/C24H29F3N6O2S2/c1-31(2)20-9-3-17(4-10-20)15-21(18-5-7-19(28)8-6-18)22-29-23(36-30-22)32-11-13-33(14-12-32)37(34,35)16-24(25,26)27/h3-10,21H,11-16,28H2,1-2H3. The summed E-state index contributed by atoms with van der Waals surface area (Å²) in [5.74, 6) is -1.35. The molecular weight excluding hydrogens is 525 g/mol. The van der Waals surface area contributed by atoms with Crippen LogP contribution in [0.5, 0.6) is 0 Å². The van der Waals surface area contributed by atoms with Crippen molar-refractivity contribution in [2.75, 3.05) is 61.6 Å². The van der Waals surface area contributed by atoms with Crippen molar-refractivity contribution in [1.82, 2.24) is 13.7 Å². The van der Waals surface area contributed by atoms with Gasteiger partial charge in [-0.15, -0.1) is 0 Å². The zero-order valence-electron chi connectivity index (χ0n) is 20.5. The van der Waals surface area contributed by atoms with Crippen LogP contribution in [0.2, 0.25) is 0 Å². The normalized spacial score (nSPS) is 16.1. The van der Waals surface area contributed by atoms with Crippen LogP contribution in [0.4, 0.5) is 29.7 Å². The molecule has 2 heterocycles. The van der Waals surface area contributed by atoms with E-state index in [1.54, 1.807) is 0 Å². The highest BCUT2D eigenvalue weighted by Crippen LogP contribution is 2.31. The number of anilines is 3. The Morgan fingerprint density at radius 3 is 2.22 bits per heavy atom. The molecule has 2 aromatic carbocycles. The van der Waals surface area contributed by atoms with Gasteiger partial charge in [0.1, 0.15) is 0 Å². The number of nitrogen functional groups attached to an aromatic ring is 1. The first-order valence-electron chi connectivity index (χ1n) is 11.7. The number of hydrogen-bond donors (Lipinski definition) is 1. The molecule has 0 spiro atoms. The second-order valence-electron chi connectivity index (χ2n) is 9.18. The monoisotopic (exact) mass is 554 g/mol. The molecule has 8 nitrogen and oxygen atoms in total. The molecule has 37 heavy (non-hydrogen) atoms.